The zero-order valence-corrected chi connectivity index (χ0v) is 9.69. The highest BCUT2D eigenvalue weighted by Crippen LogP contribution is 2.10. The molecule has 0 radical (unpaired) electrons. The number of imidazole rings is 1. The van der Waals surface area contributed by atoms with Gasteiger partial charge >= 0.3 is 0 Å². The molecule has 0 fully saturated rings. The van der Waals surface area contributed by atoms with Crippen LogP contribution in [0.2, 0.25) is 0 Å². The Morgan fingerprint density at radius 3 is 2.75 bits per heavy atom. The molecule has 0 aliphatic rings. The smallest absolute Gasteiger partial charge is 0.155 e. The second-order valence-electron chi connectivity index (χ2n) is 4.02. The number of hydrogen-bond acceptors (Lipinski definition) is 2. The summed E-state index contributed by atoms with van der Waals surface area (Å²) in [5.41, 5.74) is 3.62. The van der Waals surface area contributed by atoms with Crippen LogP contribution in [-0.4, -0.2) is 15.2 Å². The van der Waals surface area contributed by atoms with Gasteiger partial charge in [0.2, 0.25) is 0 Å². The predicted molar refractivity (Wildman–Crippen MR) is 64.3 cm³/mol. The minimum Gasteiger partial charge on any atom is -0.306 e. The Balaban J connectivity index is 2.48. The molecule has 0 atom stereocenters. The molecule has 0 N–H and O–H groups in total. The second-order valence-corrected chi connectivity index (χ2v) is 4.02. The summed E-state index contributed by atoms with van der Waals surface area (Å²) in [6.45, 7) is 5.40. The van der Waals surface area contributed by atoms with Crippen molar-refractivity contribution in [2.45, 2.75) is 20.8 Å². The highest BCUT2D eigenvalue weighted by Gasteiger charge is 2.01. The number of allylic oxidation sites excluding steroid dienone is 1. The lowest BCUT2D eigenvalue weighted by molar-refractivity contribution is -0.113. The van der Waals surface area contributed by atoms with Crippen LogP contribution in [0.4, 0.5) is 0 Å². The molecule has 0 spiro atoms. The molecule has 2 aromatic heterocycles. The van der Waals surface area contributed by atoms with E-state index in [0.717, 1.165) is 16.9 Å². The van der Waals surface area contributed by atoms with Crippen molar-refractivity contribution in [2.75, 3.05) is 0 Å². The maximum Gasteiger partial charge on any atom is 0.155 e. The molecule has 2 heterocycles. The summed E-state index contributed by atoms with van der Waals surface area (Å²) in [6.07, 6.45) is 5.75. The molecule has 0 saturated carbocycles. The van der Waals surface area contributed by atoms with Crippen molar-refractivity contribution in [1.29, 1.82) is 0 Å². The first kappa shape index (κ1) is 10.6. The summed E-state index contributed by atoms with van der Waals surface area (Å²) >= 11 is 0. The first-order valence-corrected chi connectivity index (χ1v) is 5.21. The Bertz CT molecular complexity index is 579. The largest absolute Gasteiger partial charge is 0.306 e. The van der Waals surface area contributed by atoms with E-state index in [0.29, 0.717) is 0 Å². The van der Waals surface area contributed by atoms with Crippen LogP contribution in [0.3, 0.4) is 0 Å². The monoisotopic (exact) mass is 214 g/mol. The normalized spacial score (nSPS) is 12.1. The number of aryl methyl sites for hydroxylation is 1. The van der Waals surface area contributed by atoms with Gasteiger partial charge in [-0.2, -0.15) is 0 Å². The molecule has 0 aromatic carbocycles. The lowest BCUT2D eigenvalue weighted by atomic mass is 10.2. The fraction of sp³-hybridized carbons (Fsp3) is 0.231. The van der Waals surface area contributed by atoms with Gasteiger partial charge in [-0.15, -0.1) is 0 Å². The van der Waals surface area contributed by atoms with Gasteiger partial charge < -0.3 is 4.40 Å². The number of rotatable bonds is 2. The van der Waals surface area contributed by atoms with Gasteiger partial charge in [-0.05, 0) is 44.1 Å². The van der Waals surface area contributed by atoms with E-state index < -0.39 is 0 Å². The van der Waals surface area contributed by atoms with E-state index >= 15 is 0 Å². The number of carbonyl (C=O) groups excluding carboxylic acids is 1. The zero-order chi connectivity index (χ0) is 11.7. The van der Waals surface area contributed by atoms with Crippen molar-refractivity contribution in [3.05, 3.63) is 41.4 Å². The van der Waals surface area contributed by atoms with Crippen LogP contribution in [0, 0.1) is 6.92 Å². The Kier molecular flexibility index (Phi) is 2.60. The molecule has 0 aliphatic heterocycles. The molecule has 0 aliphatic carbocycles. The molecule has 82 valence electrons. The van der Waals surface area contributed by atoms with E-state index in [1.165, 1.54) is 5.56 Å². The molecule has 3 nitrogen and oxygen atoms in total. The van der Waals surface area contributed by atoms with Crippen molar-refractivity contribution in [3.8, 4) is 0 Å². The third kappa shape index (κ3) is 2.03. The van der Waals surface area contributed by atoms with Crippen molar-refractivity contribution in [2.24, 2.45) is 0 Å². The average Bonchev–Trinajstić information content (AvgIpc) is 2.58. The predicted octanol–water partition coefficient (Wildman–Crippen LogP) is 2.64. The molecular weight excluding hydrogens is 200 g/mol. The highest BCUT2D eigenvalue weighted by molar-refractivity contribution is 5.96. The minimum absolute atomic E-state index is 0.0771. The minimum atomic E-state index is 0.0771. The number of fused-ring (bicyclic) bond motifs is 1. The number of hydrogen-bond donors (Lipinski definition) is 0. The Hall–Kier alpha value is -1.90. The summed E-state index contributed by atoms with van der Waals surface area (Å²) in [7, 11) is 0. The van der Waals surface area contributed by atoms with Crippen molar-refractivity contribution < 1.29 is 4.79 Å². The summed E-state index contributed by atoms with van der Waals surface area (Å²) in [5, 5.41) is 0. The third-order valence-corrected chi connectivity index (χ3v) is 2.54. The Morgan fingerprint density at radius 2 is 2.06 bits per heavy atom. The summed E-state index contributed by atoms with van der Waals surface area (Å²) < 4.78 is 1.97. The molecule has 0 bridgehead atoms. The highest BCUT2D eigenvalue weighted by atomic mass is 16.1. The average molecular weight is 214 g/mol. The summed E-state index contributed by atoms with van der Waals surface area (Å²) in [5.74, 6) is 0.0771. The Labute approximate surface area is 94.4 Å². The van der Waals surface area contributed by atoms with Crippen LogP contribution in [0.25, 0.3) is 11.7 Å². The van der Waals surface area contributed by atoms with Gasteiger partial charge in [0.05, 0.1) is 5.69 Å². The fourth-order valence-electron chi connectivity index (χ4n) is 1.52. The summed E-state index contributed by atoms with van der Waals surface area (Å²) in [4.78, 5) is 15.5. The van der Waals surface area contributed by atoms with E-state index in [2.05, 4.69) is 4.98 Å². The second kappa shape index (κ2) is 3.93. The van der Waals surface area contributed by atoms with Gasteiger partial charge in [-0.1, -0.05) is 6.07 Å². The van der Waals surface area contributed by atoms with Crippen molar-refractivity contribution in [1.82, 2.24) is 9.38 Å². The SMILES string of the molecule is CC(=O)/C(C)=C/c1cn2cc(C)ccc2n1. The molecule has 16 heavy (non-hydrogen) atoms. The van der Waals surface area contributed by atoms with Crippen molar-refractivity contribution in [3.63, 3.8) is 0 Å². The van der Waals surface area contributed by atoms with E-state index in [1.54, 1.807) is 13.8 Å². The molecule has 0 saturated heterocycles. The quantitative estimate of drug-likeness (QED) is 0.720. The number of Topliss-reactive ketones (excluding diaryl/α,β-unsaturated/α-hetero) is 1. The first-order valence-electron chi connectivity index (χ1n) is 5.21. The van der Waals surface area contributed by atoms with E-state index in [9.17, 15) is 4.79 Å². The number of aromatic nitrogens is 2. The van der Waals surface area contributed by atoms with Crippen LogP contribution in [0.5, 0.6) is 0 Å². The lowest BCUT2D eigenvalue weighted by Gasteiger charge is -1.93. The van der Waals surface area contributed by atoms with Gasteiger partial charge in [-0.3, -0.25) is 4.79 Å². The van der Waals surface area contributed by atoms with Crippen LogP contribution in [-0.2, 0) is 4.79 Å². The van der Waals surface area contributed by atoms with Gasteiger partial charge in [0.25, 0.3) is 0 Å². The number of pyridine rings is 1. The van der Waals surface area contributed by atoms with Crippen LogP contribution in [0.1, 0.15) is 25.1 Å². The molecule has 0 amide bonds. The Morgan fingerprint density at radius 1 is 1.31 bits per heavy atom. The van der Waals surface area contributed by atoms with E-state index in [1.807, 2.05) is 41.9 Å². The van der Waals surface area contributed by atoms with Crippen LogP contribution in [0.15, 0.2) is 30.1 Å². The van der Waals surface area contributed by atoms with E-state index in [4.69, 9.17) is 0 Å². The van der Waals surface area contributed by atoms with E-state index in [-0.39, 0.29) is 5.78 Å². The molecule has 0 unspecified atom stereocenters. The standard InChI is InChI=1S/C13H14N2O/c1-9-4-5-13-14-12(8-15(13)7-9)6-10(2)11(3)16/h4-8H,1-3H3/b10-6+. The number of ketones is 1. The first-order chi connectivity index (χ1) is 7.56. The number of nitrogens with zero attached hydrogens (tertiary/aromatic N) is 2. The van der Waals surface area contributed by atoms with Gasteiger partial charge in [0.1, 0.15) is 5.65 Å². The van der Waals surface area contributed by atoms with Gasteiger partial charge in [0.15, 0.2) is 5.78 Å². The zero-order valence-electron chi connectivity index (χ0n) is 9.69. The number of carbonyl (C=O) groups is 1. The maximum absolute atomic E-state index is 11.1. The van der Waals surface area contributed by atoms with Crippen LogP contribution >= 0.6 is 0 Å². The molecule has 2 rings (SSSR count). The maximum atomic E-state index is 11.1. The van der Waals surface area contributed by atoms with Crippen molar-refractivity contribution >= 4 is 17.5 Å². The lowest BCUT2D eigenvalue weighted by Crippen LogP contribution is -1.90. The molecular formula is C13H14N2O. The molecule has 3 heteroatoms. The van der Waals surface area contributed by atoms with Gasteiger partial charge in [-0.25, -0.2) is 4.98 Å². The molecule has 2 aromatic rings. The van der Waals surface area contributed by atoms with Crippen LogP contribution < -0.4 is 0 Å². The van der Waals surface area contributed by atoms with Gasteiger partial charge in [0, 0.05) is 12.4 Å². The third-order valence-electron chi connectivity index (χ3n) is 2.54. The summed E-state index contributed by atoms with van der Waals surface area (Å²) in [6, 6.07) is 3.99. The fourth-order valence-corrected chi connectivity index (χ4v) is 1.52. The topological polar surface area (TPSA) is 34.4 Å².